The minimum Gasteiger partial charge on any atom is -0.411 e. The maximum absolute atomic E-state index is 11.4. The predicted octanol–water partition coefficient (Wildman–Crippen LogP) is 1.07. The van der Waals surface area contributed by atoms with Crippen molar-refractivity contribution >= 4 is 40.4 Å². The number of ketones is 1. The Morgan fingerprint density at radius 2 is 2.00 bits per heavy atom. The van der Waals surface area contributed by atoms with Gasteiger partial charge in [-0.1, -0.05) is 28.9 Å². The summed E-state index contributed by atoms with van der Waals surface area (Å²) < 4.78 is 0. The van der Waals surface area contributed by atoms with Crippen LogP contribution in [0.3, 0.4) is 0 Å². The monoisotopic (exact) mass is 288 g/mol. The number of Topliss-reactive ketones (excluding diaryl/α,β-unsaturated/α-hetero) is 1. The van der Waals surface area contributed by atoms with Crippen LogP contribution < -0.4 is 17.0 Å². The Hall–Kier alpha value is -1.70. The lowest BCUT2D eigenvalue weighted by Gasteiger charge is -2.00. The van der Waals surface area contributed by atoms with Crippen molar-refractivity contribution in [3.05, 3.63) is 34.9 Å². The standard InChI is InChI=1S/C9H8ClNO2.CH5N3S/c1-6(11-13)9(12)7-4-2-3-5-8(7)10;2-1(5)4-3/h2-5,13H,1H3;3H2,(H3,2,4,5)/b11-6-;. The van der Waals surface area contributed by atoms with E-state index in [4.69, 9.17) is 22.5 Å². The van der Waals surface area contributed by atoms with Crippen LogP contribution in [-0.4, -0.2) is 21.8 Å². The molecular formula is C10H13ClN4O2S. The van der Waals surface area contributed by atoms with Gasteiger partial charge in [0.1, 0.15) is 5.71 Å². The van der Waals surface area contributed by atoms with Crippen molar-refractivity contribution in [1.29, 1.82) is 0 Å². The minimum absolute atomic E-state index is 0.0214. The number of hydrogen-bond donors (Lipinski definition) is 4. The molecule has 8 heteroatoms. The second-order valence-corrected chi connectivity index (χ2v) is 3.85. The van der Waals surface area contributed by atoms with Crippen LogP contribution in [0.4, 0.5) is 0 Å². The Labute approximate surface area is 115 Å². The van der Waals surface area contributed by atoms with Crippen molar-refractivity contribution in [3.63, 3.8) is 0 Å². The molecule has 0 aromatic heterocycles. The first-order valence-electron chi connectivity index (χ1n) is 4.68. The highest BCUT2D eigenvalue weighted by Gasteiger charge is 2.12. The second kappa shape index (κ2) is 8.40. The zero-order chi connectivity index (χ0) is 14.1. The molecule has 0 unspecified atom stereocenters. The lowest BCUT2D eigenvalue weighted by molar-refractivity contribution is 0.106. The minimum atomic E-state index is -0.367. The average Bonchev–Trinajstić information content (AvgIpc) is 2.38. The molecule has 1 aromatic carbocycles. The zero-order valence-electron chi connectivity index (χ0n) is 9.55. The molecule has 6 N–H and O–H groups in total. The molecule has 0 radical (unpaired) electrons. The van der Waals surface area contributed by atoms with Gasteiger partial charge in [0, 0.05) is 5.56 Å². The topological polar surface area (TPSA) is 114 Å². The van der Waals surface area contributed by atoms with E-state index in [0.29, 0.717) is 10.6 Å². The number of carbonyl (C=O) groups excluding carboxylic acids is 1. The summed E-state index contributed by atoms with van der Waals surface area (Å²) in [6, 6.07) is 6.62. The van der Waals surface area contributed by atoms with Crippen LogP contribution in [0.2, 0.25) is 5.02 Å². The average molecular weight is 289 g/mol. The summed E-state index contributed by atoms with van der Waals surface area (Å²) >= 11 is 10.0. The Morgan fingerprint density at radius 3 is 2.39 bits per heavy atom. The lowest BCUT2D eigenvalue weighted by atomic mass is 10.1. The molecule has 0 amide bonds. The Kier molecular flexibility index (Phi) is 7.61. The van der Waals surface area contributed by atoms with Gasteiger partial charge in [0.15, 0.2) is 5.11 Å². The van der Waals surface area contributed by atoms with Crippen LogP contribution >= 0.6 is 23.8 Å². The van der Waals surface area contributed by atoms with E-state index in [1.807, 2.05) is 5.43 Å². The highest BCUT2D eigenvalue weighted by Crippen LogP contribution is 2.15. The van der Waals surface area contributed by atoms with Gasteiger partial charge in [-0.05, 0) is 31.3 Å². The van der Waals surface area contributed by atoms with Gasteiger partial charge < -0.3 is 16.4 Å². The maximum Gasteiger partial charge on any atom is 0.211 e. The van der Waals surface area contributed by atoms with E-state index in [1.165, 1.54) is 6.92 Å². The number of thiocarbonyl (C=S) groups is 1. The van der Waals surface area contributed by atoms with Crippen LogP contribution in [-0.2, 0) is 0 Å². The van der Waals surface area contributed by atoms with Gasteiger partial charge >= 0.3 is 0 Å². The number of hydrazine groups is 1. The normalized spacial score (nSPS) is 10.1. The number of nitrogens with zero attached hydrogens (tertiary/aromatic N) is 1. The van der Waals surface area contributed by atoms with E-state index in [1.54, 1.807) is 24.3 Å². The highest BCUT2D eigenvalue weighted by molar-refractivity contribution is 7.80. The number of benzene rings is 1. The fourth-order valence-electron chi connectivity index (χ4n) is 0.886. The van der Waals surface area contributed by atoms with E-state index in [2.05, 4.69) is 23.2 Å². The Bertz CT molecular complexity index is 465. The van der Waals surface area contributed by atoms with E-state index < -0.39 is 0 Å². The van der Waals surface area contributed by atoms with Gasteiger partial charge in [-0.15, -0.1) is 0 Å². The third kappa shape index (κ3) is 5.58. The number of nitrogens with one attached hydrogen (secondary N) is 1. The quantitative estimate of drug-likeness (QED) is 0.162. The van der Waals surface area contributed by atoms with Gasteiger partial charge in [0.05, 0.1) is 5.02 Å². The highest BCUT2D eigenvalue weighted by atomic mass is 35.5. The summed E-state index contributed by atoms with van der Waals surface area (Å²) in [7, 11) is 0. The number of nitrogens with two attached hydrogens (primary N) is 2. The molecule has 1 rings (SSSR count). The number of carbonyl (C=O) groups is 1. The van der Waals surface area contributed by atoms with Crippen LogP contribution in [0.5, 0.6) is 0 Å². The molecule has 0 saturated heterocycles. The molecule has 98 valence electrons. The summed E-state index contributed by atoms with van der Waals surface area (Å²) in [6.07, 6.45) is 0. The van der Waals surface area contributed by atoms with E-state index in [9.17, 15) is 4.79 Å². The molecule has 1 aromatic rings. The van der Waals surface area contributed by atoms with Crippen molar-refractivity contribution in [2.45, 2.75) is 6.92 Å². The number of oxime groups is 1. The molecule has 6 nitrogen and oxygen atoms in total. The van der Waals surface area contributed by atoms with E-state index in [-0.39, 0.29) is 16.6 Å². The van der Waals surface area contributed by atoms with Crippen molar-refractivity contribution in [1.82, 2.24) is 5.43 Å². The van der Waals surface area contributed by atoms with Crippen LogP contribution in [0.15, 0.2) is 29.4 Å². The van der Waals surface area contributed by atoms with Gasteiger partial charge in [-0.2, -0.15) is 0 Å². The SMILES string of the molecule is C/C(=N/O)C(=O)c1ccccc1Cl.NNC(N)=S. The first kappa shape index (κ1) is 16.3. The molecule has 0 atom stereocenters. The molecule has 0 fully saturated rings. The smallest absolute Gasteiger partial charge is 0.211 e. The first-order valence-corrected chi connectivity index (χ1v) is 5.46. The third-order valence-electron chi connectivity index (χ3n) is 1.74. The molecule has 0 heterocycles. The zero-order valence-corrected chi connectivity index (χ0v) is 11.1. The van der Waals surface area contributed by atoms with Gasteiger partial charge in [0.2, 0.25) is 5.78 Å². The Morgan fingerprint density at radius 1 is 1.50 bits per heavy atom. The summed E-state index contributed by atoms with van der Waals surface area (Å²) in [5, 5.41) is 11.7. The van der Waals surface area contributed by atoms with Crippen LogP contribution in [0.25, 0.3) is 0 Å². The largest absolute Gasteiger partial charge is 0.411 e. The third-order valence-corrected chi connectivity index (χ3v) is 2.19. The molecule has 0 aliphatic rings. The van der Waals surface area contributed by atoms with Gasteiger partial charge in [0.25, 0.3) is 0 Å². The lowest BCUT2D eigenvalue weighted by Crippen LogP contribution is -2.34. The van der Waals surface area contributed by atoms with Gasteiger partial charge in [-0.25, -0.2) is 5.84 Å². The number of hydrogen-bond acceptors (Lipinski definition) is 5. The predicted molar refractivity (Wildman–Crippen MR) is 74.8 cm³/mol. The van der Waals surface area contributed by atoms with E-state index in [0.717, 1.165) is 0 Å². The summed E-state index contributed by atoms with van der Waals surface area (Å²) in [5.41, 5.74) is 7.19. The molecule has 18 heavy (non-hydrogen) atoms. The summed E-state index contributed by atoms with van der Waals surface area (Å²) in [4.78, 5) is 11.4. The molecule has 0 aliphatic carbocycles. The number of halogens is 1. The Balaban J connectivity index is 0.000000494. The van der Waals surface area contributed by atoms with Crippen LogP contribution in [0.1, 0.15) is 17.3 Å². The number of rotatable bonds is 2. The van der Waals surface area contributed by atoms with Crippen molar-refractivity contribution in [3.8, 4) is 0 Å². The molecule has 0 aliphatic heterocycles. The molecule has 0 saturated carbocycles. The second-order valence-electron chi connectivity index (χ2n) is 3.00. The van der Waals surface area contributed by atoms with Crippen molar-refractivity contribution < 1.29 is 10.0 Å². The summed E-state index contributed by atoms with van der Waals surface area (Å²) in [5.74, 6) is 4.29. The molecular weight excluding hydrogens is 276 g/mol. The summed E-state index contributed by atoms with van der Waals surface area (Å²) in [6.45, 7) is 1.42. The van der Waals surface area contributed by atoms with E-state index >= 15 is 0 Å². The fourth-order valence-corrected chi connectivity index (χ4v) is 1.11. The maximum atomic E-state index is 11.4. The van der Waals surface area contributed by atoms with Crippen molar-refractivity contribution in [2.24, 2.45) is 16.7 Å². The van der Waals surface area contributed by atoms with Crippen LogP contribution in [0, 0.1) is 0 Å². The van der Waals surface area contributed by atoms with Gasteiger partial charge in [-0.3, -0.25) is 4.79 Å². The molecule has 0 bridgehead atoms. The first-order chi connectivity index (χ1) is 8.43. The van der Waals surface area contributed by atoms with Crippen molar-refractivity contribution in [2.75, 3.05) is 0 Å². The molecule has 0 spiro atoms. The fraction of sp³-hybridized carbons (Fsp3) is 0.100.